The lowest BCUT2D eigenvalue weighted by molar-refractivity contribution is 0.0794. The highest BCUT2D eigenvalue weighted by molar-refractivity contribution is 5.99. The number of amides is 1. The lowest BCUT2D eigenvalue weighted by Gasteiger charge is -2.19. The molecular formula is C26H26FN5O2. The fourth-order valence-corrected chi connectivity index (χ4v) is 3.65. The lowest BCUT2D eigenvalue weighted by atomic mass is 10.1. The zero-order valence-corrected chi connectivity index (χ0v) is 19.1. The van der Waals surface area contributed by atoms with Gasteiger partial charge in [0.15, 0.2) is 0 Å². The van der Waals surface area contributed by atoms with Crippen LogP contribution in [0.4, 0.5) is 15.9 Å². The van der Waals surface area contributed by atoms with Gasteiger partial charge in [0.1, 0.15) is 17.4 Å². The van der Waals surface area contributed by atoms with Crippen LogP contribution >= 0.6 is 0 Å². The van der Waals surface area contributed by atoms with E-state index in [-0.39, 0.29) is 11.7 Å². The van der Waals surface area contributed by atoms with Gasteiger partial charge in [0.05, 0.1) is 24.1 Å². The van der Waals surface area contributed by atoms with Gasteiger partial charge in [-0.05, 0) is 55.3 Å². The predicted molar refractivity (Wildman–Crippen MR) is 130 cm³/mol. The summed E-state index contributed by atoms with van der Waals surface area (Å²) in [6, 6.07) is 19.2. The first-order valence-corrected chi connectivity index (χ1v) is 11.0. The van der Waals surface area contributed by atoms with Crippen LogP contribution in [0.15, 0.2) is 72.9 Å². The van der Waals surface area contributed by atoms with E-state index in [2.05, 4.69) is 20.5 Å². The van der Waals surface area contributed by atoms with Gasteiger partial charge in [0, 0.05) is 31.0 Å². The smallest absolute Gasteiger partial charge is 0.257 e. The number of para-hydroxylation sites is 2. The van der Waals surface area contributed by atoms with Crippen LogP contribution in [-0.4, -0.2) is 46.7 Å². The van der Waals surface area contributed by atoms with Gasteiger partial charge >= 0.3 is 0 Å². The van der Waals surface area contributed by atoms with Crippen LogP contribution in [0.1, 0.15) is 22.5 Å². The van der Waals surface area contributed by atoms with Crippen molar-refractivity contribution in [3.05, 3.63) is 90.0 Å². The molecule has 2 aromatic heterocycles. The molecule has 4 rings (SSSR count). The highest BCUT2D eigenvalue weighted by Gasteiger charge is 2.17. The number of methoxy groups -OCH3 is 1. The number of hydrogen-bond donors (Lipinski definition) is 2. The lowest BCUT2D eigenvalue weighted by Crippen LogP contribution is -2.28. The van der Waals surface area contributed by atoms with Gasteiger partial charge in [-0.25, -0.2) is 9.37 Å². The van der Waals surface area contributed by atoms with Crippen LogP contribution in [0.2, 0.25) is 0 Å². The number of H-pyrrole nitrogens is 1. The summed E-state index contributed by atoms with van der Waals surface area (Å²) < 4.78 is 18.8. The molecule has 174 valence electrons. The Balaban J connectivity index is 1.37. The number of nitrogens with one attached hydrogen (secondary N) is 2. The molecule has 0 fully saturated rings. The molecular weight excluding hydrogens is 433 g/mol. The number of aromatic amines is 1. The van der Waals surface area contributed by atoms with E-state index in [1.807, 2.05) is 36.4 Å². The molecule has 8 heteroatoms. The summed E-state index contributed by atoms with van der Waals surface area (Å²) in [5.41, 5.74) is 3.56. The van der Waals surface area contributed by atoms with Gasteiger partial charge < -0.3 is 15.0 Å². The first-order chi connectivity index (χ1) is 16.5. The van der Waals surface area contributed by atoms with Crippen LogP contribution in [0.5, 0.6) is 5.75 Å². The Morgan fingerprint density at radius 2 is 1.97 bits per heavy atom. The van der Waals surface area contributed by atoms with Crippen molar-refractivity contribution in [2.24, 2.45) is 0 Å². The molecule has 2 heterocycles. The van der Waals surface area contributed by atoms with Crippen molar-refractivity contribution >= 4 is 17.4 Å². The fraction of sp³-hybridized carbons (Fsp3) is 0.192. The third kappa shape index (κ3) is 5.40. The molecule has 0 aliphatic rings. The molecule has 0 spiro atoms. The zero-order chi connectivity index (χ0) is 23.9. The minimum atomic E-state index is -0.294. The first kappa shape index (κ1) is 23.0. The maximum absolute atomic E-state index is 13.5. The van der Waals surface area contributed by atoms with Crippen molar-refractivity contribution in [2.45, 2.75) is 12.8 Å². The van der Waals surface area contributed by atoms with Crippen LogP contribution in [0.25, 0.3) is 11.3 Å². The number of carbonyl (C=O) groups excluding carboxylic acids is 1. The minimum absolute atomic E-state index is 0.129. The van der Waals surface area contributed by atoms with Crippen molar-refractivity contribution in [2.75, 3.05) is 26.0 Å². The van der Waals surface area contributed by atoms with E-state index in [1.54, 1.807) is 43.5 Å². The summed E-state index contributed by atoms with van der Waals surface area (Å²) in [6.45, 7) is 0.552. The largest absolute Gasteiger partial charge is 0.495 e. The van der Waals surface area contributed by atoms with E-state index in [4.69, 9.17) is 4.74 Å². The molecule has 2 N–H and O–H groups in total. The maximum Gasteiger partial charge on any atom is 0.257 e. The molecule has 34 heavy (non-hydrogen) atoms. The van der Waals surface area contributed by atoms with E-state index in [9.17, 15) is 9.18 Å². The van der Waals surface area contributed by atoms with Crippen molar-refractivity contribution in [3.8, 4) is 17.0 Å². The highest BCUT2D eigenvalue weighted by atomic mass is 19.1. The molecule has 0 bridgehead atoms. The molecule has 0 radical (unpaired) electrons. The summed E-state index contributed by atoms with van der Waals surface area (Å²) in [6.07, 6.45) is 3.09. The highest BCUT2D eigenvalue weighted by Crippen LogP contribution is 2.28. The van der Waals surface area contributed by atoms with Crippen molar-refractivity contribution < 1.29 is 13.9 Å². The number of pyridine rings is 1. The van der Waals surface area contributed by atoms with Crippen LogP contribution < -0.4 is 10.1 Å². The van der Waals surface area contributed by atoms with E-state index in [0.29, 0.717) is 35.8 Å². The summed E-state index contributed by atoms with van der Waals surface area (Å²) in [7, 11) is 3.37. The normalized spacial score (nSPS) is 10.7. The standard InChI is InChI=1S/C26H26FN5O2/c1-32(15-7-10-20-17-23(31-30-20)18-8-5-9-19(27)16-18)26(33)21-11-6-14-28-25(21)29-22-12-3-4-13-24(22)34-2/h3-6,8-9,11-14,16-17H,7,10,15H2,1-2H3,(H,28,29)(H,30,31). The summed E-state index contributed by atoms with van der Waals surface area (Å²) in [5.74, 6) is 0.710. The Labute approximate surface area is 197 Å². The van der Waals surface area contributed by atoms with Crippen molar-refractivity contribution in [1.29, 1.82) is 0 Å². The molecule has 7 nitrogen and oxygen atoms in total. The Morgan fingerprint density at radius 3 is 2.79 bits per heavy atom. The molecule has 4 aromatic rings. The van der Waals surface area contributed by atoms with Gasteiger partial charge in [0.2, 0.25) is 0 Å². The predicted octanol–water partition coefficient (Wildman–Crippen LogP) is 5.07. The number of carbonyl (C=O) groups is 1. The third-order valence-corrected chi connectivity index (χ3v) is 5.44. The van der Waals surface area contributed by atoms with Crippen LogP contribution in [0, 0.1) is 5.82 Å². The topological polar surface area (TPSA) is 83.1 Å². The number of hydrogen-bond acceptors (Lipinski definition) is 5. The second-order valence-electron chi connectivity index (χ2n) is 7.84. The number of benzene rings is 2. The molecule has 2 aromatic carbocycles. The van der Waals surface area contributed by atoms with Gasteiger partial charge in [-0.2, -0.15) is 5.10 Å². The SMILES string of the molecule is COc1ccccc1Nc1ncccc1C(=O)N(C)CCCc1cc(-c2cccc(F)c2)n[nH]1. The average molecular weight is 460 g/mol. The van der Waals surface area contributed by atoms with E-state index in [1.165, 1.54) is 12.1 Å². The summed E-state index contributed by atoms with van der Waals surface area (Å²) in [5, 5.41) is 10.5. The third-order valence-electron chi connectivity index (χ3n) is 5.44. The Morgan fingerprint density at radius 1 is 1.12 bits per heavy atom. The Hall–Kier alpha value is -4.20. The van der Waals surface area contributed by atoms with Crippen molar-refractivity contribution in [3.63, 3.8) is 0 Å². The van der Waals surface area contributed by atoms with E-state index in [0.717, 1.165) is 23.4 Å². The Bertz CT molecular complexity index is 1270. The van der Waals surface area contributed by atoms with Gasteiger partial charge in [-0.1, -0.05) is 24.3 Å². The number of ether oxygens (including phenoxy) is 1. The summed E-state index contributed by atoms with van der Waals surface area (Å²) in [4.78, 5) is 19.2. The number of anilines is 2. The van der Waals surface area contributed by atoms with Gasteiger partial charge in [-0.3, -0.25) is 9.89 Å². The molecule has 1 amide bonds. The van der Waals surface area contributed by atoms with Crippen LogP contribution in [-0.2, 0) is 6.42 Å². The van der Waals surface area contributed by atoms with E-state index < -0.39 is 0 Å². The number of rotatable bonds is 9. The zero-order valence-electron chi connectivity index (χ0n) is 19.1. The fourth-order valence-electron chi connectivity index (χ4n) is 3.65. The quantitative estimate of drug-likeness (QED) is 0.365. The van der Waals surface area contributed by atoms with Gasteiger partial charge in [-0.15, -0.1) is 0 Å². The van der Waals surface area contributed by atoms with Gasteiger partial charge in [0.25, 0.3) is 5.91 Å². The maximum atomic E-state index is 13.5. The van der Waals surface area contributed by atoms with E-state index >= 15 is 0 Å². The average Bonchev–Trinajstić information content (AvgIpc) is 3.33. The molecule has 0 unspecified atom stereocenters. The number of nitrogens with zero attached hydrogens (tertiary/aromatic N) is 3. The molecule has 0 saturated carbocycles. The number of aryl methyl sites for hydroxylation is 1. The molecule has 0 atom stereocenters. The number of halogens is 1. The Kier molecular flexibility index (Phi) is 7.17. The molecule has 0 aliphatic carbocycles. The minimum Gasteiger partial charge on any atom is -0.495 e. The molecule has 0 aliphatic heterocycles. The first-order valence-electron chi connectivity index (χ1n) is 11.0. The number of aromatic nitrogens is 3. The second-order valence-corrected chi connectivity index (χ2v) is 7.84. The monoisotopic (exact) mass is 459 g/mol. The van der Waals surface area contributed by atoms with Crippen molar-refractivity contribution in [1.82, 2.24) is 20.1 Å². The second kappa shape index (κ2) is 10.6. The molecule has 0 saturated heterocycles. The van der Waals surface area contributed by atoms with Crippen LogP contribution in [0.3, 0.4) is 0 Å². The summed E-state index contributed by atoms with van der Waals surface area (Å²) >= 11 is 0.